The molecule has 22 heavy (non-hydrogen) atoms. The number of fused-ring (bicyclic) bond motifs is 1. The van der Waals surface area contributed by atoms with Gasteiger partial charge in [-0.25, -0.2) is 4.98 Å². The molecule has 0 fully saturated rings. The first-order valence-corrected chi connectivity index (χ1v) is 7.01. The quantitative estimate of drug-likeness (QED) is 0.610. The normalized spacial score (nSPS) is 10.9. The van der Waals surface area contributed by atoms with E-state index >= 15 is 0 Å². The van der Waals surface area contributed by atoms with Crippen molar-refractivity contribution >= 4 is 5.65 Å². The lowest BCUT2D eigenvalue weighted by Crippen LogP contribution is -1.91. The lowest BCUT2D eigenvalue weighted by Gasteiger charge is -2.02. The average Bonchev–Trinajstić information content (AvgIpc) is 2.94. The van der Waals surface area contributed by atoms with Crippen LogP contribution in [0.4, 0.5) is 0 Å². The van der Waals surface area contributed by atoms with Crippen LogP contribution in [0.3, 0.4) is 0 Å². The molecule has 1 N–H and O–H groups in total. The van der Waals surface area contributed by atoms with E-state index in [2.05, 4.69) is 9.97 Å². The van der Waals surface area contributed by atoms with Gasteiger partial charge in [0, 0.05) is 23.5 Å². The van der Waals surface area contributed by atoms with E-state index in [4.69, 9.17) is 0 Å². The minimum Gasteiger partial charge on any atom is -0.493 e. The Labute approximate surface area is 127 Å². The number of rotatable bonds is 2. The predicted molar refractivity (Wildman–Crippen MR) is 85.5 cm³/mol. The van der Waals surface area contributed by atoms with E-state index in [0.717, 1.165) is 16.8 Å². The summed E-state index contributed by atoms with van der Waals surface area (Å²) in [6, 6.07) is 19.5. The molecule has 0 aliphatic carbocycles. The zero-order valence-electron chi connectivity index (χ0n) is 11.7. The topological polar surface area (TPSA) is 50.4 Å². The molecule has 0 radical (unpaired) electrons. The second-order valence-corrected chi connectivity index (χ2v) is 4.99. The average molecular weight is 287 g/mol. The number of hydrogen-bond donors (Lipinski definition) is 1. The van der Waals surface area contributed by atoms with Gasteiger partial charge in [0.25, 0.3) is 0 Å². The van der Waals surface area contributed by atoms with E-state index in [1.165, 1.54) is 0 Å². The van der Waals surface area contributed by atoms with Crippen molar-refractivity contribution in [3.63, 3.8) is 0 Å². The molecular formula is C18H13N3O. The summed E-state index contributed by atoms with van der Waals surface area (Å²) in [5.74, 6) is 0.126. The lowest BCUT2D eigenvalue weighted by molar-refractivity contribution is 0.450. The summed E-state index contributed by atoms with van der Waals surface area (Å²) in [6.07, 6.45) is 3.39. The van der Waals surface area contributed by atoms with Crippen molar-refractivity contribution in [2.24, 2.45) is 0 Å². The van der Waals surface area contributed by atoms with Crippen molar-refractivity contribution in [1.82, 2.24) is 14.4 Å². The Morgan fingerprint density at radius 2 is 1.36 bits per heavy atom. The summed E-state index contributed by atoms with van der Waals surface area (Å²) in [6.45, 7) is 0. The summed E-state index contributed by atoms with van der Waals surface area (Å²) in [7, 11) is 0. The third kappa shape index (κ3) is 1.93. The van der Waals surface area contributed by atoms with Crippen LogP contribution in [-0.2, 0) is 0 Å². The molecule has 4 heteroatoms. The lowest BCUT2D eigenvalue weighted by atomic mass is 10.1. The summed E-state index contributed by atoms with van der Waals surface area (Å²) in [5.41, 5.74) is 3.80. The maximum atomic E-state index is 10.5. The van der Waals surface area contributed by atoms with Gasteiger partial charge in [0.2, 0.25) is 5.88 Å². The number of nitrogens with zero attached hydrogens (tertiary/aromatic N) is 3. The molecule has 2 heterocycles. The second-order valence-electron chi connectivity index (χ2n) is 4.99. The van der Waals surface area contributed by atoms with Gasteiger partial charge < -0.3 is 5.11 Å². The number of hydrogen-bond acceptors (Lipinski definition) is 3. The maximum Gasteiger partial charge on any atom is 0.224 e. The van der Waals surface area contributed by atoms with Gasteiger partial charge in [-0.15, -0.1) is 0 Å². The van der Waals surface area contributed by atoms with Crippen LogP contribution in [0, 0.1) is 0 Å². The predicted octanol–water partition coefficient (Wildman–Crippen LogP) is 3.77. The summed E-state index contributed by atoms with van der Waals surface area (Å²) >= 11 is 0. The summed E-state index contributed by atoms with van der Waals surface area (Å²) in [5, 5.41) is 10.5. The maximum absolute atomic E-state index is 10.5. The van der Waals surface area contributed by atoms with Crippen LogP contribution < -0.4 is 0 Å². The molecule has 4 aromatic rings. The standard InChI is InChI=1S/C18H13N3O/c22-18-16(14-9-5-2-6-10-14)20-17-15(19-11-12-21(17)18)13-7-3-1-4-8-13/h1-12,22H. The van der Waals surface area contributed by atoms with Gasteiger partial charge in [-0.1, -0.05) is 60.7 Å². The monoisotopic (exact) mass is 287 g/mol. The van der Waals surface area contributed by atoms with Crippen molar-refractivity contribution in [3.8, 4) is 28.4 Å². The fourth-order valence-electron chi connectivity index (χ4n) is 2.55. The molecule has 0 aliphatic rings. The van der Waals surface area contributed by atoms with Gasteiger partial charge in [0.05, 0.1) is 0 Å². The smallest absolute Gasteiger partial charge is 0.224 e. The number of aromatic nitrogens is 3. The highest BCUT2D eigenvalue weighted by Gasteiger charge is 2.16. The highest BCUT2D eigenvalue weighted by molar-refractivity contribution is 5.78. The van der Waals surface area contributed by atoms with E-state index in [1.807, 2.05) is 60.7 Å². The highest BCUT2D eigenvalue weighted by atomic mass is 16.3. The van der Waals surface area contributed by atoms with E-state index in [1.54, 1.807) is 16.8 Å². The first-order valence-electron chi connectivity index (χ1n) is 7.01. The minimum absolute atomic E-state index is 0.126. The summed E-state index contributed by atoms with van der Waals surface area (Å²) in [4.78, 5) is 9.04. The Bertz CT molecular complexity index is 931. The minimum atomic E-state index is 0.126. The van der Waals surface area contributed by atoms with Gasteiger partial charge in [-0.3, -0.25) is 9.38 Å². The Kier molecular flexibility index (Phi) is 2.86. The fourth-order valence-corrected chi connectivity index (χ4v) is 2.55. The van der Waals surface area contributed by atoms with E-state index in [0.29, 0.717) is 11.3 Å². The zero-order valence-corrected chi connectivity index (χ0v) is 11.7. The van der Waals surface area contributed by atoms with Crippen molar-refractivity contribution in [2.75, 3.05) is 0 Å². The van der Waals surface area contributed by atoms with Crippen LogP contribution in [0.15, 0.2) is 73.1 Å². The third-order valence-electron chi connectivity index (χ3n) is 3.61. The Morgan fingerprint density at radius 3 is 2.00 bits per heavy atom. The van der Waals surface area contributed by atoms with Gasteiger partial charge >= 0.3 is 0 Å². The Morgan fingerprint density at radius 1 is 0.773 bits per heavy atom. The second kappa shape index (κ2) is 5.00. The highest BCUT2D eigenvalue weighted by Crippen LogP contribution is 2.32. The molecule has 0 saturated heterocycles. The largest absolute Gasteiger partial charge is 0.493 e. The molecular weight excluding hydrogens is 274 g/mol. The molecule has 106 valence electrons. The number of aromatic hydroxyl groups is 1. The van der Waals surface area contributed by atoms with E-state index < -0.39 is 0 Å². The van der Waals surface area contributed by atoms with Crippen LogP contribution >= 0.6 is 0 Å². The molecule has 2 aromatic heterocycles. The Balaban J connectivity index is 1.99. The van der Waals surface area contributed by atoms with Crippen LogP contribution in [0.2, 0.25) is 0 Å². The molecule has 0 unspecified atom stereocenters. The SMILES string of the molecule is Oc1c(-c2ccccc2)nc2c(-c3ccccc3)nccn12. The van der Waals surface area contributed by atoms with Crippen LogP contribution in [0.25, 0.3) is 28.2 Å². The first-order chi connectivity index (χ1) is 10.8. The van der Waals surface area contributed by atoms with Gasteiger partial charge in [-0.2, -0.15) is 0 Å². The summed E-state index contributed by atoms with van der Waals surface area (Å²) < 4.78 is 1.66. The molecule has 0 atom stereocenters. The Hall–Kier alpha value is -3.14. The first kappa shape index (κ1) is 12.6. The molecule has 0 bridgehead atoms. The number of imidazole rings is 1. The van der Waals surface area contributed by atoms with Crippen molar-refractivity contribution in [3.05, 3.63) is 73.1 Å². The van der Waals surface area contributed by atoms with Gasteiger partial charge in [0.15, 0.2) is 5.65 Å². The molecule has 0 saturated carbocycles. The third-order valence-corrected chi connectivity index (χ3v) is 3.61. The van der Waals surface area contributed by atoms with Gasteiger partial charge in [-0.05, 0) is 0 Å². The van der Waals surface area contributed by atoms with E-state index in [9.17, 15) is 5.11 Å². The number of benzene rings is 2. The molecule has 0 spiro atoms. The van der Waals surface area contributed by atoms with Crippen LogP contribution in [0.1, 0.15) is 0 Å². The fraction of sp³-hybridized carbons (Fsp3) is 0. The molecule has 0 aliphatic heterocycles. The molecule has 4 rings (SSSR count). The van der Waals surface area contributed by atoms with Crippen molar-refractivity contribution in [1.29, 1.82) is 0 Å². The van der Waals surface area contributed by atoms with Crippen LogP contribution in [0.5, 0.6) is 5.88 Å². The van der Waals surface area contributed by atoms with E-state index in [-0.39, 0.29) is 5.88 Å². The van der Waals surface area contributed by atoms with Crippen molar-refractivity contribution in [2.45, 2.75) is 0 Å². The zero-order chi connectivity index (χ0) is 14.9. The molecule has 4 nitrogen and oxygen atoms in total. The van der Waals surface area contributed by atoms with Crippen molar-refractivity contribution < 1.29 is 5.11 Å². The van der Waals surface area contributed by atoms with Gasteiger partial charge in [0.1, 0.15) is 11.4 Å². The molecule has 0 amide bonds. The molecule has 2 aromatic carbocycles. The van der Waals surface area contributed by atoms with Crippen LogP contribution in [-0.4, -0.2) is 19.5 Å².